The molecule has 35 heavy (non-hydrogen) atoms. The van der Waals surface area contributed by atoms with Crippen LogP contribution in [0.4, 0.5) is 14.5 Å². The Morgan fingerprint density at radius 3 is 2.69 bits per heavy atom. The summed E-state index contributed by atoms with van der Waals surface area (Å²) in [6, 6.07) is 5.45. The number of hydrogen-bond donors (Lipinski definition) is 2. The molecule has 11 heteroatoms. The van der Waals surface area contributed by atoms with Crippen LogP contribution in [-0.2, 0) is 21.7 Å². The third-order valence-corrected chi connectivity index (χ3v) is 7.09. The highest BCUT2D eigenvalue weighted by Crippen LogP contribution is 2.43. The van der Waals surface area contributed by atoms with Crippen LogP contribution in [0.2, 0.25) is 10.0 Å². The zero-order valence-electron chi connectivity index (χ0n) is 19.1. The average molecular weight is 522 g/mol. The van der Waals surface area contributed by atoms with Gasteiger partial charge in [0, 0.05) is 37.1 Å². The van der Waals surface area contributed by atoms with Crippen molar-refractivity contribution in [3.8, 4) is 0 Å². The normalized spacial score (nSPS) is 17.6. The molecule has 1 saturated heterocycles. The number of hydrogen-bond acceptors (Lipinski definition) is 4. The predicted octanol–water partition coefficient (Wildman–Crippen LogP) is 4.40. The van der Waals surface area contributed by atoms with Crippen molar-refractivity contribution in [1.29, 1.82) is 0 Å². The number of amides is 2. The SMILES string of the molecule is C=CC(=O)N1CC[C@](Nc2cc(F)c3c(C)n(CC(=O)NC)nc3c2)(c2c(F)ccc(Cl)c2Cl)C1. The fourth-order valence-electron chi connectivity index (χ4n) is 4.54. The predicted molar refractivity (Wildman–Crippen MR) is 132 cm³/mol. The molecule has 0 aliphatic carbocycles. The number of likely N-dealkylation sites (N-methyl/N-ethyl adjacent to an activating group) is 1. The van der Waals surface area contributed by atoms with Crippen LogP contribution in [0.5, 0.6) is 0 Å². The Hall–Kier alpha value is -3.17. The van der Waals surface area contributed by atoms with Crippen molar-refractivity contribution in [3.63, 3.8) is 0 Å². The topological polar surface area (TPSA) is 79.3 Å². The summed E-state index contributed by atoms with van der Waals surface area (Å²) in [5, 5.41) is 10.6. The maximum Gasteiger partial charge on any atom is 0.246 e. The van der Waals surface area contributed by atoms with E-state index < -0.39 is 17.2 Å². The highest BCUT2D eigenvalue weighted by atomic mass is 35.5. The minimum atomic E-state index is -1.19. The van der Waals surface area contributed by atoms with Gasteiger partial charge in [-0.2, -0.15) is 5.10 Å². The number of anilines is 1. The van der Waals surface area contributed by atoms with Crippen molar-refractivity contribution in [3.05, 3.63) is 69.9 Å². The van der Waals surface area contributed by atoms with Crippen LogP contribution in [0, 0.1) is 18.6 Å². The summed E-state index contributed by atoms with van der Waals surface area (Å²) in [6.45, 7) is 5.48. The van der Waals surface area contributed by atoms with Crippen molar-refractivity contribution >= 4 is 51.6 Å². The standard InChI is InChI=1S/C24H23Cl2F2N5O2/c1-4-20(35)32-8-7-24(12-32,22-16(27)6-5-15(25)23(22)26)30-14-9-17(28)21-13(2)33(11-19(34)29-3)31-18(21)10-14/h4-6,9-10,30H,1,7-8,11-12H2,2-3H3,(H,29,34)/t24-/m1/s1. The second-order valence-electron chi connectivity index (χ2n) is 8.41. The largest absolute Gasteiger partial charge is 0.373 e. The summed E-state index contributed by atoms with van der Waals surface area (Å²) in [4.78, 5) is 25.7. The van der Waals surface area contributed by atoms with Crippen LogP contribution in [0.15, 0.2) is 36.9 Å². The first-order valence-corrected chi connectivity index (χ1v) is 11.6. The lowest BCUT2D eigenvalue weighted by Gasteiger charge is -2.33. The molecule has 2 amide bonds. The van der Waals surface area contributed by atoms with Crippen molar-refractivity contribution in [2.75, 3.05) is 25.5 Å². The number of likely N-dealkylation sites (tertiary alicyclic amines) is 1. The third kappa shape index (κ3) is 4.46. The van der Waals surface area contributed by atoms with Crippen LogP contribution in [0.25, 0.3) is 10.9 Å². The minimum Gasteiger partial charge on any atom is -0.373 e. The van der Waals surface area contributed by atoms with E-state index in [-0.39, 0.29) is 52.3 Å². The molecule has 7 nitrogen and oxygen atoms in total. The van der Waals surface area contributed by atoms with E-state index in [0.717, 1.165) is 0 Å². The molecular weight excluding hydrogens is 499 g/mol. The molecule has 1 fully saturated rings. The Morgan fingerprint density at radius 2 is 2.00 bits per heavy atom. The second kappa shape index (κ2) is 9.47. The smallest absolute Gasteiger partial charge is 0.246 e. The van der Waals surface area contributed by atoms with Gasteiger partial charge in [0.15, 0.2) is 0 Å². The number of aromatic nitrogens is 2. The molecule has 1 atom stereocenters. The summed E-state index contributed by atoms with van der Waals surface area (Å²) >= 11 is 12.6. The number of rotatable bonds is 6. The van der Waals surface area contributed by atoms with Crippen LogP contribution >= 0.6 is 23.2 Å². The fourth-order valence-corrected chi connectivity index (χ4v) is 5.03. The van der Waals surface area contributed by atoms with Crippen molar-refractivity contribution in [2.45, 2.75) is 25.4 Å². The number of aryl methyl sites for hydroxylation is 1. The van der Waals surface area contributed by atoms with Gasteiger partial charge in [-0.15, -0.1) is 0 Å². The number of nitrogens with one attached hydrogen (secondary N) is 2. The number of carbonyl (C=O) groups excluding carboxylic acids is 2. The van der Waals surface area contributed by atoms with Gasteiger partial charge in [0.25, 0.3) is 0 Å². The molecule has 1 aliphatic heterocycles. The average Bonchev–Trinajstić information content (AvgIpc) is 3.37. The highest BCUT2D eigenvalue weighted by Gasteiger charge is 2.44. The lowest BCUT2D eigenvalue weighted by atomic mass is 9.87. The number of nitrogens with zero attached hydrogens (tertiary/aromatic N) is 3. The van der Waals surface area contributed by atoms with E-state index in [1.807, 2.05) is 0 Å². The summed E-state index contributed by atoms with van der Waals surface area (Å²) in [5.41, 5.74) is 0.0225. The van der Waals surface area contributed by atoms with Crippen LogP contribution in [0.1, 0.15) is 17.7 Å². The molecule has 2 heterocycles. The van der Waals surface area contributed by atoms with E-state index in [4.69, 9.17) is 23.2 Å². The molecule has 0 bridgehead atoms. The van der Waals surface area contributed by atoms with Crippen LogP contribution in [0.3, 0.4) is 0 Å². The molecule has 1 aromatic heterocycles. The second-order valence-corrected chi connectivity index (χ2v) is 9.19. The van der Waals surface area contributed by atoms with Gasteiger partial charge in [-0.3, -0.25) is 14.3 Å². The van der Waals surface area contributed by atoms with E-state index in [0.29, 0.717) is 23.4 Å². The van der Waals surface area contributed by atoms with Crippen LogP contribution < -0.4 is 10.6 Å². The Balaban J connectivity index is 1.81. The van der Waals surface area contributed by atoms with Crippen molar-refractivity contribution in [1.82, 2.24) is 20.0 Å². The molecule has 0 unspecified atom stereocenters. The molecule has 0 saturated carbocycles. The lowest BCUT2D eigenvalue weighted by Crippen LogP contribution is -2.41. The first-order valence-electron chi connectivity index (χ1n) is 10.8. The van der Waals surface area contributed by atoms with E-state index >= 15 is 8.78 Å². The molecule has 4 rings (SSSR count). The lowest BCUT2D eigenvalue weighted by molar-refractivity contribution is -0.125. The Labute approximate surface area is 210 Å². The monoisotopic (exact) mass is 521 g/mol. The van der Waals surface area contributed by atoms with Gasteiger partial charge in [-0.05, 0) is 43.7 Å². The number of fused-ring (bicyclic) bond motifs is 1. The maximum atomic E-state index is 15.2. The number of carbonyl (C=O) groups is 2. The molecule has 2 N–H and O–H groups in total. The van der Waals surface area contributed by atoms with Gasteiger partial charge in [0.1, 0.15) is 18.2 Å². The van der Waals surface area contributed by atoms with E-state index in [1.54, 1.807) is 13.0 Å². The minimum absolute atomic E-state index is 0.0133. The Bertz CT molecular complexity index is 1360. The van der Waals surface area contributed by atoms with E-state index in [9.17, 15) is 9.59 Å². The van der Waals surface area contributed by atoms with Crippen molar-refractivity contribution < 1.29 is 18.4 Å². The first kappa shape index (κ1) is 24.9. The van der Waals surface area contributed by atoms with Gasteiger partial charge in [0.05, 0.1) is 26.5 Å². The van der Waals surface area contributed by atoms with E-state index in [2.05, 4.69) is 22.3 Å². The Kier molecular flexibility index (Phi) is 6.75. The molecular formula is C24H23Cl2F2N5O2. The number of benzene rings is 2. The van der Waals surface area contributed by atoms with Gasteiger partial charge in [-0.1, -0.05) is 29.8 Å². The highest BCUT2D eigenvalue weighted by molar-refractivity contribution is 6.42. The zero-order chi connectivity index (χ0) is 25.5. The van der Waals surface area contributed by atoms with Gasteiger partial charge >= 0.3 is 0 Å². The maximum absolute atomic E-state index is 15.2. The molecule has 2 aromatic carbocycles. The summed E-state index contributed by atoms with van der Waals surface area (Å²) < 4.78 is 31.8. The first-order chi connectivity index (χ1) is 16.6. The van der Waals surface area contributed by atoms with E-state index in [1.165, 1.54) is 40.9 Å². The van der Waals surface area contributed by atoms with Gasteiger partial charge < -0.3 is 15.5 Å². The van der Waals surface area contributed by atoms with Crippen LogP contribution in [-0.4, -0.2) is 46.6 Å². The fraction of sp³-hybridized carbons (Fsp3) is 0.292. The molecule has 0 spiro atoms. The zero-order valence-corrected chi connectivity index (χ0v) is 20.6. The quantitative estimate of drug-likeness (QED) is 0.372. The summed E-state index contributed by atoms with van der Waals surface area (Å²) in [7, 11) is 1.50. The summed E-state index contributed by atoms with van der Waals surface area (Å²) in [5.74, 6) is -1.76. The molecule has 3 aromatic rings. The van der Waals surface area contributed by atoms with Gasteiger partial charge in [-0.25, -0.2) is 8.78 Å². The Morgan fingerprint density at radius 1 is 1.26 bits per heavy atom. The summed E-state index contributed by atoms with van der Waals surface area (Å²) in [6.07, 6.45) is 1.47. The van der Waals surface area contributed by atoms with Crippen molar-refractivity contribution in [2.24, 2.45) is 0 Å². The molecule has 1 aliphatic rings. The molecule has 0 radical (unpaired) electrons. The third-order valence-electron chi connectivity index (χ3n) is 6.28. The number of halogens is 4. The van der Waals surface area contributed by atoms with Gasteiger partial charge in [0.2, 0.25) is 11.8 Å². The molecule has 184 valence electrons.